The number of nitrogens with zero attached hydrogens (tertiary/aromatic N) is 2. The minimum atomic E-state index is -0.274. The zero-order chi connectivity index (χ0) is 12.6. The predicted octanol–water partition coefficient (Wildman–Crippen LogP) is 4.02. The fraction of sp³-hybridized carbons (Fsp3) is 0.250. The van der Waals surface area contributed by atoms with E-state index in [1.54, 1.807) is 10.7 Å². The van der Waals surface area contributed by atoms with Crippen LogP contribution in [-0.4, -0.2) is 9.78 Å². The van der Waals surface area contributed by atoms with Crippen molar-refractivity contribution in [3.63, 3.8) is 0 Å². The Morgan fingerprint density at radius 1 is 1.35 bits per heavy atom. The summed E-state index contributed by atoms with van der Waals surface area (Å²) in [7, 11) is 0. The third kappa shape index (κ3) is 2.17. The highest BCUT2D eigenvalue weighted by Gasteiger charge is 2.15. The molecule has 0 saturated heterocycles. The molecule has 5 heteroatoms. The van der Waals surface area contributed by atoms with Crippen LogP contribution in [0.25, 0.3) is 5.69 Å². The molecular formula is C12H11Cl2FN2. The molecule has 0 spiro atoms. The molecule has 1 heterocycles. The van der Waals surface area contributed by atoms with E-state index in [9.17, 15) is 4.39 Å². The van der Waals surface area contributed by atoms with Gasteiger partial charge in [0.2, 0.25) is 0 Å². The third-order valence-corrected chi connectivity index (χ3v) is 3.30. The van der Waals surface area contributed by atoms with E-state index in [4.69, 9.17) is 23.2 Å². The molecule has 0 aliphatic rings. The largest absolute Gasteiger partial charge is 0.221 e. The van der Waals surface area contributed by atoms with Gasteiger partial charge in [-0.2, -0.15) is 5.10 Å². The van der Waals surface area contributed by atoms with Crippen LogP contribution in [-0.2, 0) is 5.88 Å². The smallest absolute Gasteiger partial charge is 0.137 e. The molecule has 0 N–H and O–H groups in total. The molecule has 0 bridgehead atoms. The molecule has 1 aromatic heterocycles. The SMILES string of the molecule is Cc1cc(F)ccc1-n1nc(C)c(CCl)c1Cl. The molecule has 0 unspecified atom stereocenters. The van der Waals surface area contributed by atoms with Crippen molar-refractivity contribution in [2.45, 2.75) is 19.7 Å². The first-order chi connectivity index (χ1) is 8.04. The summed E-state index contributed by atoms with van der Waals surface area (Å²) in [4.78, 5) is 0. The zero-order valence-corrected chi connectivity index (χ0v) is 11.0. The Kier molecular flexibility index (Phi) is 3.40. The van der Waals surface area contributed by atoms with E-state index in [1.807, 2.05) is 13.8 Å². The molecule has 2 nitrogen and oxygen atoms in total. The Morgan fingerprint density at radius 3 is 2.59 bits per heavy atom. The van der Waals surface area contributed by atoms with Crippen molar-refractivity contribution in [1.29, 1.82) is 0 Å². The molecule has 0 amide bonds. The number of benzene rings is 1. The van der Waals surface area contributed by atoms with Gasteiger partial charge in [0.05, 0.1) is 17.3 Å². The Bertz CT molecular complexity index is 564. The summed E-state index contributed by atoms with van der Waals surface area (Å²) in [6, 6.07) is 4.49. The Labute approximate surface area is 109 Å². The highest BCUT2D eigenvalue weighted by molar-refractivity contribution is 6.31. The van der Waals surface area contributed by atoms with E-state index in [2.05, 4.69) is 5.10 Å². The zero-order valence-electron chi connectivity index (χ0n) is 9.47. The maximum atomic E-state index is 13.0. The fourth-order valence-corrected chi connectivity index (χ4v) is 2.42. The van der Waals surface area contributed by atoms with Crippen LogP contribution >= 0.6 is 23.2 Å². The second kappa shape index (κ2) is 4.67. The Balaban J connectivity index is 2.61. The minimum absolute atomic E-state index is 0.274. The van der Waals surface area contributed by atoms with Crippen LogP contribution in [0.2, 0.25) is 5.15 Å². The highest BCUT2D eigenvalue weighted by Crippen LogP contribution is 2.26. The number of hydrogen-bond donors (Lipinski definition) is 0. The van der Waals surface area contributed by atoms with Crippen LogP contribution < -0.4 is 0 Å². The van der Waals surface area contributed by atoms with Crippen LogP contribution in [0.3, 0.4) is 0 Å². The lowest BCUT2D eigenvalue weighted by Gasteiger charge is -2.07. The molecule has 90 valence electrons. The molecule has 0 atom stereocenters. The second-order valence-electron chi connectivity index (χ2n) is 3.83. The van der Waals surface area contributed by atoms with Gasteiger partial charge in [-0.3, -0.25) is 0 Å². The van der Waals surface area contributed by atoms with Gasteiger partial charge in [0.1, 0.15) is 11.0 Å². The van der Waals surface area contributed by atoms with E-state index in [-0.39, 0.29) is 5.82 Å². The molecule has 17 heavy (non-hydrogen) atoms. The summed E-state index contributed by atoms with van der Waals surface area (Å²) >= 11 is 12.0. The van der Waals surface area contributed by atoms with Gasteiger partial charge in [0, 0.05) is 5.56 Å². The Morgan fingerprint density at radius 2 is 2.06 bits per heavy atom. The molecule has 0 aliphatic heterocycles. The molecule has 0 saturated carbocycles. The normalized spacial score (nSPS) is 10.9. The van der Waals surface area contributed by atoms with Gasteiger partial charge in [-0.05, 0) is 37.6 Å². The van der Waals surface area contributed by atoms with Gasteiger partial charge in [-0.25, -0.2) is 9.07 Å². The van der Waals surface area contributed by atoms with Crippen molar-refractivity contribution in [3.8, 4) is 5.69 Å². The molecule has 2 aromatic rings. The van der Waals surface area contributed by atoms with E-state index >= 15 is 0 Å². The van der Waals surface area contributed by atoms with Gasteiger partial charge >= 0.3 is 0 Å². The third-order valence-electron chi connectivity index (χ3n) is 2.64. The van der Waals surface area contributed by atoms with Gasteiger partial charge in [-0.1, -0.05) is 11.6 Å². The lowest BCUT2D eigenvalue weighted by Crippen LogP contribution is -2.00. The number of halogens is 3. The van der Waals surface area contributed by atoms with Gasteiger partial charge < -0.3 is 0 Å². The van der Waals surface area contributed by atoms with Crippen molar-refractivity contribution in [1.82, 2.24) is 9.78 Å². The van der Waals surface area contributed by atoms with E-state index < -0.39 is 0 Å². The minimum Gasteiger partial charge on any atom is -0.221 e. The lowest BCUT2D eigenvalue weighted by atomic mass is 10.2. The van der Waals surface area contributed by atoms with E-state index in [0.717, 1.165) is 22.5 Å². The number of alkyl halides is 1. The quantitative estimate of drug-likeness (QED) is 0.755. The number of rotatable bonds is 2. The molecule has 2 rings (SSSR count). The van der Waals surface area contributed by atoms with Crippen LogP contribution in [0, 0.1) is 19.7 Å². The maximum absolute atomic E-state index is 13.0. The van der Waals surface area contributed by atoms with E-state index in [1.165, 1.54) is 12.1 Å². The van der Waals surface area contributed by atoms with Gasteiger partial charge in [0.15, 0.2) is 0 Å². The molecule has 0 radical (unpaired) electrons. The number of aromatic nitrogens is 2. The summed E-state index contributed by atoms with van der Waals surface area (Å²) in [5.74, 6) is 0.0362. The predicted molar refractivity (Wildman–Crippen MR) is 67.6 cm³/mol. The first kappa shape index (κ1) is 12.4. The van der Waals surface area contributed by atoms with Crippen molar-refractivity contribution in [2.24, 2.45) is 0 Å². The lowest BCUT2D eigenvalue weighted by molar-refractivity contribution is 0.625. The maximum Gasteiger partial charge on any atom is 0.137 e. The van der Waals surface area contributed by atoms with Gasteiger partial charge in [-0.15, -0.1) is 11.6 Å². The Hall–Kier alpha value is -1.06. The second-order valence-corrected chi connectivity index (χ2v) is 4.46. The highest BCUT2D eigenvalue weighted by atomic mass is 35.5. The first-order valence-corrected chi connectivity index (χ1v) is 6.02. The summed E-state index contributed by atoms with van der Waals surface area (Å²) in [5.41, 5.74) is 3.12. The van der Waals surface area contributed by atoms with Crippen molar-refractivity contribution in [2.75, 3.05) is 0 Å². The standard InChI is InChI=1S/C12H11Cl2FN2/c1-7-5-9(15)3-4-11(7)17-12(14)10(6-13)8(2)16-17/h3-5H,6H2,1-2H3. The molecule has 0 aliphatic carbocycles. The first-order valence-electron chi connectivity index (χ1n) is 5.11. The van der Waals surface area contributed by atoms with Crippen LogP contribution in [0.4, 0.5) is 4.39 Å². The van der Waals surface area contributed by atoms with Crippen molar-refractivity contribution < 1.29 is 4.39 Å². The van der Waals surface area contributed by atoms with Crippen LogP contribution in [0.5, 0.6) is 0 Å². The van der Waals surface area contributed by atoms with Crippen molar-refractivity contribution in [3.05, 3.63) is 46.0 Å². The molecule has 1 aromatic carbocycles. The van der Waals surface area contributed by atoms with Gasteiger partial charge in [0.25, 0.3) is 0 Å². The summed E-state index contributed by atoms with van der Waals surface area (Å²) in [5, 5.41) is 4.80. The fourth-order valence-electron chi connectivity index (χ4n) is 1.70. The summed E-state index contributed by atoms with van der Waals surface area (Å²) in [6.07, 6.45) is 0. The average Bonchev–Trinajstić information content (AvgIpc) is 2.54. The van der Waals surface area contributed by atoms with Crippen LogP contribution in [0.1, 0.15) is 16.8 Å². The average molecular weight is 273 g/mol. The summed E-state index contributed by atoms with van der Waals surface area (Å²) in [6.45, 7) is 3.66. The molecular weight excluding hydrogens is 262 g/mol. The van der Waals surface area contributed by atoms with Crippen molar-refractivity contribution >= 4 is 23.2 Å². The number of aryl methyl sites for hydroxylation is 2. The summed E-state index contributed by atoms with van der Waals surface area (Å²) < 4.78 is 14.6. The van der Waals surface area contributed by atoms with Crippen LogP contribution in [0.15, 0.2) is 18.2 Å². The monoisotopic (exact) mass is 272 g/mol. The topological polar surface area (TPSA) is 17.8 Å². The van der Waals surface area contributed by atoms with E-state index in [0.29, 0.717) is 11.0 Å². The number of hydrogen-bond acceptors (Lipinski definition) is 1. The molecule has 0 fully saturated rings.